The molecule has 4 nitrogen and oxygen atoms in total. The number of aromatic nitrogens is 3. The second-order valence-corrected chi connectivity index (χ2v) is 6.01. The van der Waals surface area contributed by atoms with Gasteiger partial charge in [-0.05, 0) is 31.5 Å². The van der Waals surface area contributed by atoms with Gasteiger partial charge >= 0.3 is 0 Å². The number of rotatable bonds is 5. The van der Waals surface area contributed by atoms with Crippen LogP contribution in [0.25, 0.3) is 11.6 Å². The molecule has 0 bridgehead atoms. The van der Waals surface area contributed by atoms with Crippen molar-refractivity contribution in [2.45, 2.75) is 30.8 Å². The Morgan fingerprint density at radius 3 is 2.62 bits per heavy atom. The maximum absolute atomic E-state index is 5.43. The van der Waals surface area contributed by atoms with Crippen molar-refractivity contribution < 1.29 is 4.42 Å². The van der Waals surface area contributed by atoms with Gasteiger partial charge in [-0.1, -0.05) is 42.1 Å². The van der Waals surface area contributed by atoms with Gasteiger partial charge in [-0.25, -0.2) is 0 Å². The highest BCUT2D eigenvalue weighted by Gasteiger charge is 2.17. The zero-order valence-corrected chi connectivity index (χ0v) is 12.9. The maximum atomic E-state index is 5.43. The number of hydrogen-bond donors (Lipinski definition) is 0. The lowest BCUT2D eigenvalue weighted by Crippen LogP contribution is -2.00. The molecule has 5 heteroatoms. The van der Waals surface area contributed by atoms with Gasteiger partial charge in [0, 0.05) is 11.8 Å². The predicted molar refractivity (Wildman–Crippen MR) is 84.1 cm³/mol. The Labute approximate surface area is 128 Å². The highest BCUT2D eigenvalue weighted by Crippen LogP contribution is 2.35. The summed E-state index contributed by atoms with van der Waals surface area (Å²) in [6.07, 6.45) is 1.66. The van der Waals surface area contributed by atoms with Crippen LogP contribution in [-0.2, 0) is 6.54 Å². The molecule has 1 unspecified atom stereocenters. The topological polar surface area (TPSA) is 43.9 Å². The minimum Gasteiger partial charge on any atom is -0.461 e. The van der Waals surface area contributed by atoms with Crippen LogP contribution in [0.4, 0.5) is 0 Å². The second-order valence-electron chi connectivity index (χ2n) is 4.70. The lowest BCUT2D eigenvalue weighted by atomic mass is 10.2. The van der Waals surface area contributed by atoms with E-state index in [0.717, 1.165) is 23.3 Å². The average Bonchev–Trinajstić information content (AvgIpc) is 3.16. The van der Waals surface area contributed by atoms with Gasteiger partial charge in [0.1, 0.15) is 0 Å². The van der Waals surface area contributed by atoms with Crippen LogP contribution in [0, 0.1) is 0 Å². The second kappa shape index (κ2) is 6.18. The van der Waals surface area contributed by atoms with E-state index in [-0.39, 0.29) is 0 Å². The summed E-state index contributed by atoms with van der Waals surface area (Å²) in [6.45, 7) is 5.08. The average molecular weight is 299 g/mol. The van der Waals surface area contributed by atoms with Crippen LogP contribution in [0.2, 0.25) is 0 Å². The zero-order chi connectivity index (χ0) is 14.7. The first-order valence-electron chi connectivity index (χ1n) is 6.98. The Morgan fingerprint density at radius 1 is 1.14 bits per heavy atom. The van der Waals surface area contributed by atoms with Crippen molar-refractivity contribution in [3.05, 3.63) is 54.3 Å². The standard InChI is InChI=1S/C16H17N3OS/c1-3-19-15(14-10-7-11-20-14)17-18-16(19)21-12(2)13-8-5-4-6-9-13/h4-12H,3H2,1-2H3. The Bertz CT molecular complexity index is 692. The molecule has 2 heterocycles. The van der Waals surface area contributed by atoms with Gasteiger partial charge in [0.05, 0.1) is 6.26 Å². The Kier molecular flexibility index (Phi) is 4.10. The quantitative estimate of drug-likeness (QED) is 0.654. The molecule has 0 N–H and O–H groups in total. The molecule has 0 spiro atoms. The number of thioether (sulfide) groups is 1. The molecule has 2 aromatic heterocycles. The third-order valence-corrected chi connectivity index (χ3v) is 4.46. The van der Waals surface area contributed by atoms with E-state index in [1.165, 1.54) is 5.56 Å². The first kappa shape index (κ1) is 13.9. The van der Waals surface area contributed by atoms with E-state index in [4.69, 9.17) is 4.42 Å². The van der Waals surface area contributed by atoms with Crippen molar-refractivity contribution in [1.82, 2.24) is 14.8 Å². The van der Waals surface area contributed by atoms with Gasteiger partial charge < -0.3 is 4.42 Å². The Balaban J connectivity index is 1.86. The number of furan rings is 1. The van der Waals surface area contributed by atoms with Crippen molar-refractivity contribution in [3.8, 4) is 11.6 Å². The van der Waals surface area contributed by atoms with Crippen LogP contribution in [0.5, 0.6) is 0 Å². The van der Waals surface area contributed by atoms with Crippen molar-refractivity contribution in [3.63, 3.8) is 0 Å². The summed E-state index contributed by atoms with van der Waals surface area (Å²) in [4.78, 5) is 0. The van der Waals surface area contributed by atoms with Gasteiger partial charge in [-0.2, -0.15) is 0 Å². The molecule has 0 saturated carbocycles. The molecule has 3 aromatic rings. The number of nitrogens with zero attached hydrogens (tertiary/aromatic N) is 3. The first-order valence-corrected chi connectivity index (χ1v) is 7.86. The Hall–Kier alpha value is -2.01. The summed E-state index contributed by atoms with van der Waals surface area (Å²) in [5.41, 5.74) is 1.28. The van der Waals surface area contributed by atoms with Crippen LogP contribution in [0.15, 0.2) is 58.3 Å². The third-order valence-electron chi connectivity index (χ3n) is 3.33. The molecule has 0 aliphatic carbocycles. The minimum absolute atomic E-state index is 0.324. The molecule has 108 valence electrons. The highest BCUT2D eigenvalue weighted by molar-refractivity contribution is 7.99. The van der Waals surface area contributed by atoms with Gasteiger partial charge in [0.2, 0.25) is 0 Å². The summed E-state index contributed by atoms with van der Waals surface area (Å²) in [6, 6.07) is 14.2. The lowest BCUT2D eigenvalue weighted by Gasteiger charge is -2.12. The van der Waals surface area contributed by atoms with Gasteiger partial charge in [0.15, 0.2) is 16.7 Å². The van der Waals surface area contributed by atoms with Crippen LogP contribution < -0.4 is 0 Å². The molecular formula is C16H17N3OS. The minimum atomic E-state index is 0.324. The van der Waals surface area contributed by atoms with E-state index in [0.29, 0.717) is 5.25 Å². The summed E-state index contributed by atoms with van der Waals surface area (Å²) < 4.78 is 7.52. The summed E-state index contributed by atoms with van der Waals surface area (Å²) in [5, 5.41) is 9.84. The van der Waals surface area contributed by atoms with E-state index < -0.39 is 0 Å². The molecule has 1 aromatic carbocycles. The first-order chi connectivity index (χ1) is 10.3. The van der Waals surface area contributed by atoms with E-state index in [1.807, 2.05) is 18.2 Å². The Morgan fingerprint density at radius 2 is 1.95 bits per heavy atom. The molecule has 0 radical (unpaired) electrons. The highest BCUT2D eigenvalue weighted by atomic mass is 32.2. The normalized spacial score (nSPS) is 12.5. The van der Waals surface area contributed by atoms with E-state index >= 15 is 0 Å². The zero-order valence-electron chi connectivity index (χ0n) is 12.1. The van der Waals surface area contributed by atoms with Crippen molar-refractivity contribution in [2.24, 2.45) is 0 Å². The van der Waals surface area contributed by atoms with E-state index in [9.17, 15) is 0 Å². The maximum Gasteiger partial charge on any atom is 0.200 e. The smallest absolute Gasteiger partial charge is 0.200 e. The predicted octanol–water partition coefficient (Wildman–Crippen LogP) is 4.41. The fourth-order valence-electron chi connectivity index (χ4n) is 2.20. The van der Waals surface area contributed by atoms with Gasteiger partial charge in [-0.15, -0.1) is 10.2 Å². The SMILES string of the molecule is CCn1c(SC(C)c2ccccc2)nnc1-c1ccco1. The summed E-state index contributed by atoms with van der Waals surface area (Å²) in [5.74, 6) is 1.54. The molecule has 3 rings (SSSR count). The fraction of sp³-hybridized carbons (Fsp3) is 0.250. The molecule has 21 heavy (non-hydrogen) atoms. The van der Waals surface area contributed by atoms with Crippen LogP contribution in [-0.4, -0.2) is 14.8 Å². The van der Waals surface area contributed by atoms with Crippen molar-refractivity contribution in [1.29, 1.82) is 0 Å². The molecule has 1 atom stereocenters. The number of benzene rings is 1. The third kappa shape index (κ3) is 2.88. The monoisotopic (exact) mass is 299 g/mol. The van der Waals surface area contributed by atoms with Crippen molar-refractivity contribution in [2.75, 3.05) is 0 Å². The lowest BCUT2D eigenvalue weighted by molar-refractivity contribution is 0.567. The van der Waals surface area contributed by atoms with E-state index in [1.54, 1.807) is 18.0 Å². The van der Waals surface area contributed by atoms with E-state index in [2.05, 4.69) is 52.9 Å². The van der Waals surface area contributed by atoms with Crippen LogP contribution in [0.3, 0.4) is 0 Å². The van der Waals surface area contributed by atoms with Crippen molar-refractivity contribution >= 4 is 11.8 Å². The van der Waals surface area contributed by atoms with Gasteiger partial charge in [0.25, 0.3) is 0 Å². The summed E-state index contributed by atoms with van der Waals surface area (Å²) in [7, 11) is 0. The fourth-order valence-corrected chi connectivity index (χ4v) is 3.24. The molecule has 0 aliphatic rings. The molecule has 0 saturated heterocycles. The molecule has 0 fully saturated rings. The van der Waals surface area contributed by atoms with Gasteiger partial charge in [-0.3, -0.25) is 4.57 Å². The largest absolute Gasteiger partial charge is 0.461 e. The van der Waals surface area contributed by atoms with Crippen LogP contribution >= 0.6 is 11.8 Å². The van der Waals surface area contributed by atoms with Crippen LogP contribution in [0.1, 0.15) is 24.7 Å². The summed E-state index contributed by atoms with van der Waals surface area (Å²) >= 11 is 1.71. The number of hydrogen-bond acceptors (Lipinski definition) is 4. The molecule has 0 aliphatic heterocycles. The molecular weight excluding hydrogens is 282 g/mol. The molecule has 0 amide bonds.